The minimum Gasteiger partial charge on any atom is -0.481 e. The summed E-state index contributed by atoms with van der Waals surface area (Å²) in [5, 5.41) is 14.0. The van der Waals surface area contributed by atoms with Crippen LogP contribution in [-0.4, -0.2) is 30.2 Å². The predicted molar refractivity (Wildman–Crippen MR) is 65.5 cm³/mol. The van der Waals surface area contributed by atoms with Crippen LogP contribution in [0.3, 0.4) is 0 Å². The van der Waals surface area contributed by atoms with Gasteiger partial charge >= 0.3 is 12.0 Å². The quantitative estimate of drug-likeness (QED) is 0.462. The summed E-state index contributed by atoms with van der Waals surface area (Å²) in [5.74, 6) is 4.16. The lowest BCUT2D eigenvalue weighted by molar-refractivity contribution is -0.141. The molecule has 0 aromatic rings. The summed E-state index contributed by atoms with van der Waals surface area (Å²) < 4.78 is 0. The van der Waals surface area contributed by atoms with Gasteiger partial charge in [0.2, 0.25) is 0 Å². The second kappa shape index (κ2) is 9.52. The molecule has 0 bridgehead atoms. The number of carbonyl (C=O) groups excluding carboxylic acids is 1. The van der Waals surface area contributed by atoms with E-state index < -0.39 is 11.9 Å². The fraction of sp³-hybridized carbons (Fsp3) is 0.667. The van der Waals surface area contributed by atoms with Crippen molar-refractivity contribution in [2.24, 2.45) is 5.92 Å². The van der Waals surface area contributed by atoms with Crippen molar-refractivity contribution < 1.29 is 14.7 Å². The molecule has 0 aromatic heterocycles. The van der Waals surface area contributed by atoms with Crippen molar-refractivity contribution in [2.75, 3.05) is 13.1 Å². The van der Waals surface area contributed by atoms with Gasteiger partial charge in [-0.15, -0.1) is 11.8 Å². The van der Waals surface area contributed by atoms with E-state index >= 15 is 0 Å². The highest BCUT2D eigenvalue weighted by molar-refractivity contribution is 5.75. The highest BCUT2D eigenvalue weighted by atomic mass is 16.4. The second-order valence-corrected chi connectivity index (χ2v) is 3.64. The lowest BCUT2D eigenvalue weighted by atomic mass is 10.0. The smallest absolute Gasteiger partial charge is 0.314 e. The zero-order chi connectivity index (χ0) is 13.1. The van der Waals surface area contributed by atoms with Crippen LogP contribution in [-0.2, 0) is 4.79 Å². The molecule has 2 amide bonds. The van der Waals surface area contributed by atoms with E-state index in [0.717, 1.165) is 6.42 Å². The number of hydrogen-bond acceptors (Lipinski definition) is 2. The fourth-order valence-corrected chi connectivity index (χ4v) is 1.30. The number of urea groups is 1. The van der Waals surface area contributed by atoms with Crippen molar-refractivity contribution in [1.29, 1.82) is 0 Å². The maximum atomic E-state index is 11.3. The normalized spacial score (nSPS) is 10.9. The van der Waals surface area contributed by atoms with Gasteiger partial charge in [-0.25, -0.2) is 4.79 Å². The zero-order valence-electron chi connectivity index (χ0n) is 10.4. The maximum Gasteiger partial charge on any atom is 0.314 e. The number of carboxylic acids is 1. The Labute approximate surface area is 102 Å². The van der Waals surface area contributed by atoms with Gasteiger partial charge in [0, 0.05) is 19.5 Å². The molecule has 0 aromatic carbocycles. The Bertz CT molecular complexity index is 305. The lowest BCUT2D eigenvalue weighted by Crippen LogP contribution is -2.40. The third kappa shape index (κ3) is 8.14. The highest BCUT2D eigenvalue weighted by Crippen LogP contribution is 2.04. The van der Waals surface area contributed by atoms with Crippen LogP contribution in [0.4, 0.5) is 4.79 Å². The molecule has 96 valence electrons. The van der Waals surface area contributed by atoms with Crippen molar-refractivity contribution >= 4 is 12.0 Å². The summed E-state index contributed by atoms with van der Waals surface area (Å²) in [4.78, 5) is 22.1. The SMILES string of the molecule is CC#CCCNC(=O)NCC(CCC)C(=O)O. The molecular weight excluding hydrogens is 220 g/mol. The molecule has 0 aliphatic heterocycles. The maximum absolute atomic E-state index is 11.3. The highest BCUT2D eigenvalue weighted by Gasteiger charge is 2.16. The molecular formula is C12H20N2O3. The van der Waals surface area contributed by atoms with E-state index in [1.165, 1.54) is 0 Å². The van der Waals surface area contributed by atoms with Gasteiger partial charge in [0.1, 0.15) is 0 Å². The van der Waals surface area contributed by atoms with Gasteiger partial charge in [-0.1, -0.05) is 13.3 Å². The number of aliphatic carboxylic acids is 1. The summed E-state index contributed by atoms with van der Waals surface area (Å²) >= 11 is 0. The summed E-state index contributed by atoms with van der Waals surface area (Å²) in [6.07, 6.45) is 1.95. The first-order chi connectivity index (χ1) is 8.11. The standard InChI is InChI=1S/C12H20N2O3/c1-3-5-6-8-13-12(17)14-9-10(7-4-2)11(15)16/h10H,4,6-9H2,1-2H3,(H,15,16)(H2,13,14,17). The van der Waals surface area contributed by atoms with Crippen LogP contribution in [0.1, 0.15) is 33.1 Å². The molecule has 0 aliphatic carbocycles. The Morgan fingerprint density at radius 1 is 1.35 bits per heavy atom. The Kier molecular flexibility index (Phi) is 8.57. The van der Waals surface area contributed by atoms with E-state index in [9.17, 15) is 9.59 Å². The van der Waals surface area contributed by atoms with Crippen LogP contribution in [0.5, 0.6) is 0 Å². The van der Waals surface area contributed by atoms with Gasteiger partial charge in [0.15, 0.2) is 0 Å². The Morgan fingerprint density at radius 2 is 2.06 bits per heavy atom. The van der Waals surface area contributed by atoms with Crippen LogP contribution < -0.4 is 10.6 Å². The number of nitrogens with one attached hydrogen (secondary N) is 2. The number of rotatable bonds is 7. The van der Waals surface area contributed by atoms with Crippen molar-refractivity contribution in [1.82, 2.24) is 10.6 Å². The van der Waals surface area contributed by atoms with Gasteiger partial charge in [-0.05, 0) is 13.3 Å². The van der Waals surface area contributed by atoms with Crippen LogP contribution >= 0.6 is 0 Å². The molecule has 5 heteroatoms. The summed E-state index contributed by atoms with van der Waals surface area (Å²) in [6.45, 7) is 4.29. The zero-order valence-corrected chi connectivity index (χ0v) is 10.4. The minimum atomic E-state index is -0.871. The topological polar surface area (TPSA) is 78.4 Å². The van der Waals surface area contributed by atoms with E-state index in [-0.39, 0.29) is 12.6 Å². The molecule has 0 radical (unpaired) electrons. The van der Waals surface area contributed by atoms with Gasteiger partial charge < -0.3 is 15.7 Å². The molecule has 0 fully saturated rings. The lowest BCUT2D eigenvalue weighted by Gasteiger charge is -2.12. The third-order valence-electron chi connectivity index (χ3n) is 2.21. The van der Waals surface area contributed by atoms with Crippen molar-refractivity contribution in [2.45, 2.75) is 33.1 Å². The molecule has 1 unspecified atom stereocenters. The molecule has 1 atom stereocenters. The van der Waals surface area contributed by atoms with Crippen LogP contribution in [0.2, 0.25) is 0 Å². The van der Waals surface area contributed by atoms with E-state index in [0.29, 0.717) is 19.4 Å². The number of carboxylic acid groups (broad SMARTS) is 1. The average Bonchev–Trinajstić information content (AvgIpc) is 2.29. The minimum absolute atomic E-state index is 0.161. The van der Waals surface area contributed by atoms with Crippen molar-refractivity contribution in [3.8, 4) is 11.8 Å². The first kappa shape index (κ1) is 15.3. The van der Waals surface area contributed by atoms with E-state index in [2.05, 4.69) is 22.5 Å². The summed E-state index contributed by atoms with van der Waals surface area (Å²) in [7, 11) is 0. The Hall–Kier alpha value is -1.70. The van der Waals surface area contributed by atoms with E-state index in [1.807, 2.05) is 6.92 Å². The molecule has 3 N–H and O–H groups in total. The molecule has 0 rings (SSSR count). The van der Waals surface area contributed by atoms with E-state index in [1.54, 1.807) is 6.92 Å². The third-order valence-corrected chi connectivity index (χ3v) is 2.21. The Balaban J connectivity index is 3.78. The fourth-order valence-electron chi connectivity index (χ4n) is 1.30. The largest absolute Gasteiger partial charge is 0.481 e. The van der Waals surface area contributed by atoms with Crippen molar-refractivity contribution in [3.05, 3.63) is 0 Å². The molecule has 0 saturated carbocycles. The summed E-state index contributed by atoms with van der Waals surface area (Å²) in [6, 6.07) is -0.342. The van der Waals surface area contributed by atoms with Crippen molar-refractivity contribution in [3.63, 3.8) is 0 Å². The van der Waals surface area contributed by atoms with E-state index in [4.69, 9.17) is 5.11 Å². The van der Waals surface area contributed by atoms with Gasteiger partial charge in [0.05, 0.1) is 5.92 Å². The van der Waals surface area contributed by atoms with Crippen LogP contribution in [0.25, 0.3) is 0 Å². The average molecular weight is 240 g/mol. The molecule has 0 saturated heterocycles. The van der Waals surface area contributed by atoms with Gasteiger partial charge in [-0.2, -0.15) is 0 Å². The number of carbonyl (C=O) groups is 2. The monoisotopic (exact) mass is 240 g/mol. The van der Waals surface area contributed by atoms with Crippen LogP contribution in [0.15, 0.2) is 0 Å². The predicted octanol–water partition coefficient (Wildman–Crippen LogP) is 1.20. The summed E-state index contributed by atoms with van der Waals surface area (Å²) in [5.41, 5.74) is 0. The number of hydrogen-bond donors (Lipinski definition) is 3. The Morgan fingerprint density at radius 3 is 2.59 bits per heavy atom. The molecule has 17 heavy (non-hydrogen) atoms. The molecule has 5 nitrogen and oxygen atoms in total. The first-order valence-electron chi connectivity index (χ1n) is 5.75. The number of amides is 2. The van der Waals surface area contributed by atoms with Gasteiger partial charge in [0.25, 0.3) is 0 Å². The van der Waals surface area contributed by atoms with Gasteiger partial charge in [-0.3, -0.25) is 4.79 Å². The first-order valence-corrected chi connectivity index (χ1v) is 5.75. The molecule has 0 heterocycles. The molecule has 0 aliphatic rings. The molecule has 0 spiro atoms. The van der Waals surface area contributed by atoms with Crippen LogP contribution in [0, 0.1) is 17.8 Å². The second-order valence-electron chi connectivity index (χ2n) is 3.64.